The minimum absolute atomic E-state index is 0.0306. The van der Waals surface area contributed by atoms with Crippen molar-refractivity contribution in [2.24, 2.45) is 0 Å². The van der Waals surface area contributed by atoms with Crippen LogP contribution in [0.2, 0.25) is 10.2 Å². The van der Waals surface area contributed by atoms with E-state index in [0.717, 1.165) is 19.3 Å². The molecule has 22 heavy (non-hydrogen) atoms. The Morgan fingerprint density at radius 3 is 2.45 bits per heavy atom. The van der Waals surface area contributed by atoms with Crippen LogP contribution in [0.15, 0.2) is 41.4 Å². The van der Waals surface area contributed by atoms with Gasteiger partial charge in [-0.05, 0) is 36.6 Å². The van der Waals surface area contributed by atoms with Crippen molar-refractivity contribution in [1.29, 1.82) is 0 Å². The van der Waals surface area contributed by atoms with Gasteiger partial charge < -0.3 is 0 Å². The summed E-state index contributed by atoms with van der Waals surface area (Å²) in [7, 11) is -3.74. The lowest BCUT2D eigenvalue weighted by Gasteiger charge is -2.09. The second-order valence-corrected chi connectivity index (χ2v) is 7.30. The summed E-state index contributed by atoms with van der Waals surface area (Å²) in [5, 5.41) is 0.167. The number of aryl methyl sites for hydroxylation is 1. The maximum atomic E-state index is 12.3. The Kier molecular flexibility index (Phi) is 5.67. The Morgan fingerprint density at radius 1 is 1.18 bits per heavy atom. The van der Waals surface area contributed by atoms with Gasteiger partial charge >= 0.3 is 0 Å². The summed E-state index contributed by atoms with van der Waals surface area (Å²) >= 11 is 11.5. The number of hydrogen-bond donors (Lipinski definition) is 1. The van der Waals surface area contributed by atoms with Crippen molar-refractivity contribution in [3.05, 3.63) is 52.3 Å². The van der Waals surface area contributed by atoms with E-state index in [4.69, 9.17) is 23.2 Å². The van der Waals surface area contributed by atoms with Crippen molar-refractivity contribution in [3.8, 4) is 0 Å². The van der Waals surface area contributed by atoms with Gasteiger partial charge in [0.1, 0.15) is 10.0 Å². The number of rotatable bonds is 6. The molecule has 0 atom stereocenters. The summed E-state index contributed by atoms with van der Waals surface area (Å²) in [6.45, 7) is 2.13. The highest BCUT2D eigenvalue weighted by Gasteiger charge is 2.16. The molecule has 0 fully saturated rings. The van der Waals surface area contributed by atoms with E-state index in [1.807, 2.05) is 12.1 Å². The molecule has 0 radical (unpaired) electrons. The van der Waals surface area contributed by atoms with E-state index in [9.17, 15) is 8.42 Å². The first kappa shape index (κ1) is 17.1. The molecule has 1 aromatic carbocycles. The number of halogens is 2. The smallest absolute Gasteiger partial charge is 0.263 e. The zero-order valence-corrected chi connectivity index (χ0v) is 14.3. The number of unbranched alkanes of at least 4 members (excludes halogenated alkanes) is 1. The summed E-state index contributed by atoms with van der Waals surface area (Å²) in [5.41, 5.74) is 1.67. The lowest BCUT2D eigenvalue weighted by atomic mass is 10.1. The minimum atomic E-state index is -3.74. The van der Waals surface area contributed by atoms with Gasteiger partial charge in [-0.2, -0.15) is 0 Å². The van der Waals surface area contributed by atoms with Gasteiger partial charge in [-0.3, -0.25) is 4.72 Å². The molecule has 0 aliphatic carbocycles. The third kappa shape index (κ3) is 4.35. The second kappa shape index (κ2) is 7.31. The molecule has 7 heteroatoms. The average Bonchev–Trinajstić information content (AvgIpc) is 2.49. The molecule has 1 heterocycles. The highest BCUT2D eigenvalue weighted by Crippen LogP contribution is 2.23. The van der Waals surface area contributed by atoms with Crippen molar-refractivity contribution >= 4 is 38.9 Å². The molecule has 0 aliphatic heterocycles. The fourth-order valence-corrected chi connectivity index (χ4v) is 3.25. The van der Waals surface area contributed by atoms with E-state index in [2.05, 4.69) is 16.6 Å². The van der Waals surface area contributed by atoms with Crippen molar-refractivity contribution in [2.75, 3.05) is 4.72 Å². The second-order valence-electron chi connectivity index (χ2n) is 4.85. The number of aromatic nitrogens is 1. The molecule has 1 N–H and O–H groups in total. The van der Waals surface area contributed by atoms with Crippen LogP contribution in [0.25, 0.3) is 0 Å². The summed E-state index contributed by atoms with van der Waals surface area (Å²) in [5.74, 6) is 0. The highest BCUT2D eigenvalue weighted by molar-refractivity contribution is 7.92. The standard InChI is InChI=1S/C15H16Cl2N2O2S/c1-2-3-4-11-5-7-12(8-6-11)19-22(20,21)13-9-14(16)15(17)18-10-13/h5-10,19H,2-4H2,1H3. The monoisotopic (exact) mass is 358 g/mol. The first-order chi connectivity index (χ1) is 10.4. The first-order valence-corrected chi connectivity index (χ1v) is 9.09. The average molecular weight is 359 g/mol. The molecule has 0 aliphatic rings. The molecular weight excluding hydrogens is 343 g/mol. The van der Waals surface area contributed by atoms with Crippen LogP contribution in [0, 0.1) is 0 Å². The Bertz CT molecular complexity index is 747. The predicted octanol–water partition coefficient (Wildman–Crippen LogP) is 4.53. The van der Waals surface area contributed by atoms with E-state index in [1.165, 1.54) is 17.8 Å². The number of anilines is 1. The number of hydrogen-bond acceptors (Lipinski definition) is 3. The third-order valence-corrected chi connectivity index (χ3v) is 5.14. The molecule has 0 saturated carbocycles. The Hall–Kier alpha value is -1.30. The van der Waals surface area contributed by atoms with Crippen molar-refractivity contribution in [2.45, 2.75) is 31.1 Å². The number of nitrogens with zero attached hydrogens (tertiary/aromatic N) is 1. The fraction of sp³-hybridized carbons (Fsp3) is 0.267. The van der Waals surface area contributed by atoms with E-state index in [-0.39, 0.29) is 15.1 Å². The quantitative estimate of drug-likeness (QED) is 0.771. The molecule has 2 aromatic rings. The predicted molar refractivity (Wildman–Crippen MR) is 90.1 cm³/mol. The van der Waals surface area contributed by atoms with E-state index >= 15 is 0 Å². The van der Waals surface area contributed by atoms with Crippen molar-refractivity contribution in [3.63, 3.8) is 0 Å². The van der Waals surface area contributed by atoms with Gasteiger partial charge in [-0.15, -0.1) is 0 Å². The molecule has 0 amide bonds. The van der Waals surface area contributed by atoms with Gasteiger partial charge in [0.25, 0.3) is 10.0 Å². The first-order valence-electron chi connectivity index (χ1n) is 6.85. The van der Waals surface area contributed by atoms with Gasteiger partial charge in [-0.25, -0.2) is 13.4 Å². The molecule has 0 spiro atoms. The maximum absolute atomic E-state index is 12.3. The maximum Gasteiger partial charge on any atom is 0.263 e. The summed E-state index contributed by atoms with van der Waals surface area (Å²) in [6, 6.07) is 8.59. The Balaban J connectivity index is 2.16. The Morgan fingerprint density at radius 2 is 1.86 bits per heavy atom. The van der Waals surface area contributed by atoms with Crippen LogP contribution in [0.5, 0.6) is 0 Å². The molecule has 2 rings (SSSR count). The summed E-state index contributed by atoms with van der Waals surface area (Å²) in [4.78, 5) is 3.72. The normalized spacial score (nSPS) is 11.4. The van der Waals surface area contributed by atoms with Gasteiger partial charge in [0.2, 0.25) is 0 Å². The Labute approximate surface area is 140 Å². The largest absolute Gasteiger partial charge is 0.280 e. The fourth-order valence-electron chi connectivity index (χ4n) is 1.89. The topological polar surface area (TPSA) is 59.1 Å². The van der Waals surface area contributed by atoms with Gasteiger partial charge in [-0.1, -0.05) is 48.7 Å². The van der Waals surface area contributed by atoms with Gasteiger partial charge in [0, 0.05) is 11.9 Å². The molecule has 4 nitrogen and oxygen atoms in total. The van der Waals surface area contributed by atoms with Gasteiger partial charge in [0.05, 0.1) is 5.02 Å². The van der Waals surface area contributed by atoms with Crippen LogP contribution in [0.4, 0.5) is 5.69 Å². The van der Waals surface area contributed by atoms with Crippen LogP contribution in [-0.4, -0.2) is 13.4 Å². The lowest BCUT2D eigenvalue weighted by molar-refractivity contribution is 0.601. The molecule has 118 valence electrons. The SMILES string of the molecule is CCCCc1ccc(NS(=O)(=O)c2cnc(Cl)c(Cl)c2)cc1. The molecule has 1 aromatic heterocycles. The summed E-state index contributed by atoms with van der Waals surface area (Å²) in [6.07, 6.45) is 4.39. The zero-order chi connectivity index (χ0) is 16.2. The van der Waals surface area contributed by atoms with E-state index < -0.39 is 10.0 Å². The van der Waals surface area contributed by atoms with E-state index in [1.54, 1.807) is 12.1 Å². The highest BCUT2D eigenvalue weighted by atomic mass is 35.5. The molecule has 0 bridgehead atoms. The van der Waals surface area contributed by atoms with Crippen LogP contribution in [0.1, 0.15) is 25.3 Å². The lowest BCUT2D eigenvalue weighted by Crippen LogP contribution is -2.13. The van der Waals surface area contributed by atoms with Crippen LogP contribution in [0.3, 0.4) is 0 Å². The minimum Gasteiger partial charge on any atom is -0.280 e. The molecule has 0 unspecified atom stereocenters. The van der Waals surface area contributed by atoms with Crippen LogP contribution in [-0.2, 0) is 16.4 Å². The number of nitrogens with one attached hydrogen (secondary N) is 1. The van der Waals surface area contributed by atoms with Crippen molar-refractivity contribution in [1.82, 2.24) is 4.98 Å². The zero-order valence-electron chi connectivity index (χ0n) is 12.0. The number of pyridine rings is 1. The van der Waals surface area contributed by atoms with Crippen LogP contribution < -0.4 is 4.72 Å². The number of benzene rings is 1. The van der Waals surface area contributed by atoms with Crippen LogP contribution >= 0.6 is 23.2 Å². The van der Waals surface area contributed by atoms with Gasteiger partial charge in [0.15, 0.2) is 0 Å². The number of sulfonamides is 1. The van der Waals surface area contributed by atoms with Crippen molar-refractivity contribution < 1.29 is 8.42 Å². The third-order valence-electron chi connectivity index (χ3n) is 3.11. The van der Waals surface area contributed by atoms with E-state index in [0.29, 0.717) is 5.69 Å². The molecule has 0 saturated heterocycles. The summed E-state index contributed by atoms with van der Waals surface area (Å²) < 4.78 is 27.0. The molecular formula is C15H16Cl2N2O2S.